The van der Waals surface area contributed by atoms with Gasteiger partial charge in [-0.15, -0.1) is 0 Å². The van der Waals surface area contributed by atoms with Gasteiger partial charge in [-0.3, -0.25) is 0 Å². The molecule has 0 saturated heterocycles. The quantitative estimate of drug-likeness (QED) is 0.757. The van der Waals surface area contributed by atoms with Crippen molar-refractivity contribution in [2.24, 2.45) is 0 Å². The highest BCUT2D eigenvalue weighted by Crippen LogP contribution is 2.31. The Bertz CT molecular complexity index is 330. The molecule has 1 atom stereocenters. The smallest absolute Gasteiger partial charge is 0.0636 e. The minimum absolute atomic E-state index is 0.311. The van der Waals surface area contributed by atoms with Crippen molar-refractivity contribution in [2.45, 2.75) is 11.7 Å². The third kappa shape index (κ3) is 4.69. The Hall–Kier alpha value is -0.980. The predicted octanol–water partition coefficient (Wildman–Crippen LogP) is 2.94. The van der Waals surface area contributed by atoms with Crippen LogP contribution < -0.4 is 0 Å². The highest BCUT2D eigenvalue weighted by Gasteiger charge is 2.10. The van der Waals surface area contributed by atoms with Crippen LogP contribution in [-0.2, 0) is 0 Å². The lowest BCUT2D eigenvalue weighted by molar-refractivity contribution is 0.437. The van der Waals surface area contributed by atoms with Gasteiger partial charge in [-0.1, -0.05) is 30.3 Å². The molecule has 1 aromatic rings. The second-order valence-corrected chi connectivity index (χ2v) is 5.25. The summed E-state index contributed by atoms with van der Waals surface area (Å²) in [7, 11) is 4.14. The Balaban J connectivity index is 2.52. The number of nitrogens with zero attached hydrogens (tertiary/aromatic N) is 2. The van der Waals surface area contributed by atoms with Crippen LogP contribution >= 0.6 is 11.8 Å². The molecule has 0 aliphatic rings. The van der Waals surface area contributed by atoms with E-state index in [1.54, 1.807) is 0 Å². The molecule has 1 rings (SSSR count). The first kappa shape index (κ1) is 13.1. The largest absolute Gasteiger partial charge is 0.309 e. The van der Waals surface area contributed by atoms with E-state index in [4.69, 9.17) is 5.26 Å². The van der Waals surface area contributed by atoms with E-state index in [0.717, 1.165) is 12.3 Å². The molecule has 1 unspecified atom stereocenters. The van der Waals surface area contributed by atoms with Crippen LogP contribution in [0.5, 0.6) is 0 Å². The van der Waals surface area contributed by atoms with Gasteiger partial charge >= 0.3 is 0 Å². The maximum atomic E-state index is 8.83. The van der Waals surface area contributed by atoms with Crippen LogP contribution in [0.2, 0.25) is 0 Å². The van der Waals surface area contributed by atoms with Crippen molar-refractivity contribution in [2.75, 3.05) is 26.4 Å². The number of nitriles is 1. The second kappa shape index (κ2) is 7.32. The standard InChI is InChI=1S/C13H18N2S/c1-15(2)10-11-16-13(8-9-14)12-6-4-3-5-7-12/h3-7,13H,8,10-11H2,1-2H3. The molecular weight excluding hydrogens is 216 g/mol. The topological polar surface area (TPSA) is 27.0 Å². The summed E-state index contributed by atoms with van der Waals surface area (Å²) < 4.78 is 0. The van der Waals surface area contributed by atoms with Crippen LogP contribution in [0.1, 0.15) is 17.2 Å². The van der Waals surface area contributed by atoms with Crippen molar-refractivity contribution >= 4 is 11.8 Å². The number of rotatable bonds is 6. The van der Waals surface area contributed by atoms with Crippen molar-refractivity contribution in [3.63, 3.8) is 0 Å². The van der Waals surface area contributed by atoms with Crippen LogP contribution in [0.4, 0.5) is 0 Å². The summed E-state index contributed by atoms with van der Waals surface area (Å²) in [6.45, 7) is 1.05. The van der Waals surface area contributed by atoms with Crippen LogP contribution in [0, 0.1) is 11.3 Å². The highest BCUT2D eigenvalue weighted by atomic mass is 32.2. The number of benzene rings is 1. The van der Waals surface area contributed by atoms with Crippen molar-refractivity contribution in [1.82, 2.24) is 4.90 Å². The van der Waals surface area contributed by atoms with Crippen LogP contribution in [0.25, 0.3) is 0 Å². The molecule has 1 aromatic carbocycles. The summed E-state index contributed by atoms with van der Waals surface area (Å²) in [5, 5.41) is 9.14. The first-order valence-corrected chi connectivity index (χ1v) is 6.47. The zero-order chi connectivity index (χ0) is 11.8. The van der Waals surface area contributed by atoms with Gasteiger partial charge in [-0.2, -0.15) is 17.0 Å². The maximum Gasteiger partial charge on any atom is 0.0636 e. The molecule has 0 spiro atoms. The van der Waals surface area contributed by atoms with E-state index < -0.39 is 0 Å². The van der Waals surface area contributed by atoms with E-state index >= 15 is 0 Å². The summed E-state index contributed by atoms with van der Waals surface area (Å²) in [6.07, 6.45) is 0.585. The first-order valence-electron chi connectivity index (χ1n) is 5.42. The van der Waals surface area contributed by atoms with Gasteiger partial charge in [0, 0.05) is 17.5 Å². The third-order valence-corrected chi connectivity index (χ3v) is 3.57. The SMILES string of the molecule is CN(C)CCSC(CC#N)c1ccccc1. The van der Waals surface area contributed by atoms with Gasteiger partial charge in [0.05, 0.1) is 12.5 Å². The van der Waals surface area contributed by atoms with Crippen LogP contribution in [-0.4, -0.2) is 31.3 Å². The van der Waals surface area contributed by atoms with Crippen LogP contribution in [0.3, 0.4) is 0 Å². The molecule has 0 saturated carbocycles. The molecule has 0 radical (unpaired) electrons. The molecule has 16 heavy (non-hydrogen) atoms. The number of hydrogen-bond acceptors (Lipinski definition) is 3. The van der Waals surface area contributed by atoms with Gasteiger partial charge in [0.15, 0.2) is 0 Å². The molecule has 3 heteroatoms. The molecule has 86 valence electrons. The Kier molecular flexibility index (Phi) is 5.99. The molecule has 0 aromatic heterocycles. The Morgan fingerprint density at radius 2 is 2.00 bits per heavy atom. The fraction of sp³-hybridized carbons (Fsp3) is 0.462. The summed E-state index contributed by atoms with van der Waals surface area (Å²) in [4.78, 5) is 2.17. The molecule has 0 aliphatic heterocycles. The van der Waals surface area contributed by atoms with Gasteiger partial charge in [-0.25, -0.2) is 0 Å². The monoisotopic (exact) mass is 234 g/mol. The van der Waals surface area contributed by atoms with Crippen molar-refractivity contribution in [3.05, 3.63) is 35.9 Å². The Morgan fingerprint density at radius 1 is 1.31 bits per heavy atom. The summed E-state index contributed by atoms with van der Waals surface area (Å²) in [5.41, 5.74) is 1.26. The van der Waals surface area contributed by atoms with E-state index in [0.29, 0.717) is 11.7 Å². The number of thioether (sulfide) groups is 1. The second-order valence-electron chi connectivity index (χ2n) is 3.94. The predicted molar refractivity (Wildman–Crippen MR) is 70.4 cm³/mol. The Morgan fingerprint density at radius 3 is 2.56 bits per heavy atom. The average Bonchev–Trinajstić information content (AvgIpc) is 2.29. The van der Waals surface area contributed by atoms with Crippen molar-refractivity contribution in [3.8, 4) is 6.07 Å². The average molecular weight is 234 g/mol. The van der Waals surface area contributed by atoms with Crippen molar-refractivity contribution in [1.29, 1.82) is 5.26 Å². The normalized spacial score (nSPS) is 12.4. The lowest BCUT2D eigenvalue weighted by Crippen LogP contribution is -2.15. The first-order chi connectivity index (χ1) is 7.74. The lowest BCUT2D eigenvalue weighted by Gasteiger charge is -2.15. The van der Waals surface area contributed by atoms with E-state index in [1.807, 2.05) is 30.0 Å². The minimum atomic E-state index is 0.311. The van der Waals surface area contributed by atoms with Gasteiger partial charge in [-0.05, 0) is 19.7 Å². The van der Waals surface area contributed by atoms with Gasteiger partial charge in [0.25, 0.3) is 0 Å². The van der Waals surface area contributed by atoms with Gasteiger partial charge < -0.3 is 4.90 Å². The van der Waals surface area contributed by atoms with E-state index in [2.05, 4.69) is 37.2 Å². The van der Waals surface area contributed by atoms with Gasteiger partial charge in [0.2, 0.25) is 0 Å². The summed E-state index contributed by atoms with van der Waals surface area (Å²) in [6, 6.07) is 12.6. The minimum Gasteiger partial charge on any atom is -0.309 e. The van der Waals surface area contributed by atoms with Gasteiger partial charge in [0.1, 0.15) is 0 Å². The van der Waals surface area contributed by atoms with Crippen molar-refractivity contribution < 1.29 is 0 Å². The van der Waals surface area contributed by atoms with E-state index in [9.17, 15) is 0 Å². The third-order valence-electron chi connectivity index (χ3n) is 2.31. The summed E-state index contributed by atoms with van der Waals surface area (Å²) in [5.74, 6) is 1.06. The summed E-state index contributed by atoms with van der Waals surface area (Å²) >= 11 is 1.86. The zero-order valence-electron chi connectivity index (χ0n) is 9.89. The molecule has 0 amide bonds. The molecule has 0 heterocycles. The zero-order valence-corrected chi connectivity index (χ0v) is 10.7. The van der Waals surface area contributed by atoms with E-state index in [-0.39, 0.29) is 0 Å². The molecule has 0 N–H and O–H groups in total. The highest BCUT2D eigenvalue weighted by molar-refractivity contribution is 7.99. The molecule has 0 fully saturated rings. The fourth-order valence-electron chi connectivity index (χ4n) is 1.40. The lowest BCUT2D eigenvalue weighted by atomic mass is 10.1. The van der Waals surface area contributed by atoms with Crippen LogP contribution in [0.15, 0.2) is 30.3 Å². The van der Waals surface area contributed by atoms with E-state index in [1.165, 1.54) is 5.56 Å². The fourth-order valence-corrected chi connectivity index (χ4v) is 2.70. The Labute approximate surface area is 102 Å². The number of hydrogen-bond donors (Lipinski definition) is 0. The molecule has 2 nitrogen and oxygen atoms in total. The molecular formula is C13H18N2S. The molecule has 0 bridgehead atoms. The molecule has 0 aliphatic carbocycles. The maximum absolute atomic E-state index is 8.83.